The molecule has 1 aromatic rings. The molecule has 0 amide bonds. The molecule has 22 heavy (non-hydrogen) atoms. The number of piperazine rings is 1. The maximum Gasteiger partial charge on any atom is 0.175 e. The second kappa shape index (κ2) is 7.20. The largest absolute Gasteiger partial charge is 0.489 e. The topological polar surface area (TPSA) is 33.7 Å². The Labute approximate surface area is 141 Å². The molecule has 0 radical (unpaired) electrons. The van der Waals surface area contributed by atoms with Crippen LogP contribution in [0.3, 0.4) is 0 Å². The maximum atomic E-state index is 6.07. The third kappa shape index (κ3) is 3.42. The molecular formula is C17H25BrN2O2. The second-order valence-corrected chi connectivity index (χ2v) is 7.18. The number of hydrogen-bond donors (Lipinski definition) is 1. The van der Waals surface area contributed by atoms with Crippen LogP contribution in [-0.2, 0) is 6.54 Å². The molecule has 2 heterocycles. The first-order chi connectivity index (χ1) is 10.7. The smallest absolute Gasteiger partial charge is 0.175 e. The Morgan fingerprint density at radius 3 is 2.55 bits per heavy atom. The molecule has 0 aliphatic carbocycles. The molecule has 1 N–H and O–H groups in total. The van der Waals surface area contributed by atoms with E-state index in [-0.39, 0.29) is 0 Å². The lowest BCUT2D eigenvalue weighted by Gasteiger charge is -2.29. The van der Waals surface area contributed by atoms with Crippen molar-refractivity contribution in [3.05, 3.63) is 21.7 Å². The van der Waals surface area contributed by atoms with Gasteiger partial charge in [-0.1, -0.05) is 13.8 Å². The van der Waals surface area contributed by atoms with Gasteiger partial charge in [-0.15, -0.1) is 0 Å². The molecule has 0 atom stereocenters. The van der Waals surface area contributed by atoms with Crippen molar-refractivity contribution in [1.82, 2.24) is 10.2 Å². The van der Waals surface area contributed by atoms with Gasteiger partial charge >= 0.3 is 0 Å². The summed E-state index contributed by atoms with van der Waals surface area (Å²) in [5.41, 5.74) is 2.66. The minimum absolute atomic E-state index is 0.418. The van der Waals surface area contributed by atoms with Crippen LogP contribution in [0, 0.1) is 0 Å². The lowest BCUT2D eigenvalue weighted by Crippen LogP contribution is -2.43. The molecule has 3 rings (SSSR count). The first-order valence-electron chi connectivity index (χ1n) is 8.20. The molecule has 1 fully saturated rings. The first-order valence-corrected chi connectivity index (χ1v) is 9.00. The molecule has 2 aliphatic rings. The fourth-order valence-corrected chi connectivity index (χ4v) is 3.80. The fourth-order valence-electron chi connectivity index (χ4n) is 3.23. The van der Waals surface area contributed by atoms with Crippen LogP contribution >= 0.6 is 15.9 Å². The van der Waals surface area contributed by atoms with Gasteiger partial charge in [0.15, 0.2) is 11.5 Å². The predicted molar refractivity (Wildman–Crippen MR) is 92.0 cm³/mol. The van der Waals surface area contributed by atoms with E-state index in [9.17, 15) is 0 Å². The summed E-state index contributed by atoms with van der Waals surface area (Å²) in [5, 5.41) is 3.41. The summed E-state index contributed by atoms with van der Waals surface area (Å²) in [4.78, 5) is 2.51. The molecule has 0 saturated carbocycles. The number of rotatable bonds is 3. The number of ether oxygens (including phenoxy) is 2. The Morgan fingerprint density at radius 2 is 1.86 bits per heavy atom. The summed E-state index contributed by atoms with van der Waals surface area (Å²) < 4.78 is 13.0. The lowest BCUT2D eigenvalue weighted by molar-refractivity contribution is 0.231. The quantitative estimate of drug-likeness (QED) is 0.888. The summed E-state index contributed by atoms with van der Waals surface area (Å²) in [6.07, 6.45) is 0.936. The number of fused-ring (bicyclic) bond motifs is 1. The van der Waals surface area contributed by atoms with E-state index in [1.54, 1.807) is 0 Å². The zero-order chi connectivity index (χ0) is 15.5. The maximum absolute atomic E-state index is 6.07. The van der Waals surface area contributed by atoms with Crippen LogP contribution in [0.25, 0.3) is 0 Å². The van der Waals surface area contributed by atoms with Gasteiger partial charge in [0, 0.05) is 44.7 Å². The van der Waals surface area contributed by atoms with Gasteiger partial charge in [-0.05, 0) is 33.5 Å². The monoisotopic (exact) mass is 368 g/mol. The van der Waals surface area contributed by atoms with Crippen molar-refractivity contribution in [1.29, 1.82) is 0 Å². The number of hydrogen-bond acceptors (Lipinski definition) is 4. The van der Waals surface area contributed by atoms with Crippen molar-refractivity contribution in [3.63, 3.8) is 0 Å². The molecule has 122 valence electrons. The van der Waals surface area contributed by atoms with Crippen LogP contribution in [0.1, 0.15) is 37.3 Å². The van der Waals surface area contributed by atoms with Crippen LogP contribution in [0.2, 0.25) is 0 Å². The summed E-state index contributed by atoms with van der Waals surface area (Å²) >= 11 is 3.68. The highest BCUT2D eigenvalue weighted by atomic mass is 79.9. The van der Waals surface area contributed by atoms with Crippen molar-refractivity contribution in [2.75, 3.05) is 39.4 Å². The third-order valence-electron chi connectivity index (χ3n) is 4.28. The summed E-state index contributed by atoms with van der Waals surface area (Å²) in [6, 6.07) is 2.23. The van der Waals surface area contributed by atoms with Crippen molar-refractivity contribution < 1.29 is 9.47 Å². The average Bonchev–Trinajstić information content (AvgIpc) is 2.74. The fraction of sp³-hybridized carbons (Fsp3) is 0.647. The molecule has 0 unspecified atom stereocenters. The zero-order valence-corrected chi connectivity index (χ0v) is 15.0. The van der Waals surface area contributed by atoms with E-state index < -0.39 is 0 Å². The van der Waals surface area contributed by atoms with Gasteiger partial charge in [-0.2, -0.15) is 0 Å². The predicted octanol–water partition coefficient (Wildman–Crippen LogP) is 3.14. The normalized spacial score (nSPS) is 19.3. The van der Waals surface area contributed by atoms with E-state index in [0.29, 0.717) is 5.92 Å². The van der Waals surface area contributed by atoms with Crippen LogP contribution in [0.5, 0.6) is 11.5 Å². The zero-order valence-electron chi connectivity index (χ0n) is 13.5. The molecule has 2 aliphatic heterocycles. The number of nitrogens with zero attached hydrogens (tertiary/aromatic N) is 1. The molecule has 0 spiro atoms. The van der Waals surface area contributed by atoms with E-state index in [4.69, 9.17) is 9.47 Å². The lowest BCUT2D eigenvalue weighted by atomic mass is 9.95. The number of nitrogens with one attached hydrogen (secondary N) is 1. The van der Waals surface area contributed by atoms with E-state index in [2.05, 4.69) is 46.1 Å². The summed E-state index contributed by atoms with van der Waals surface area (Å²) in [6.45, 7) is 11.2. The molecular weight excluding hydrogens is 344 g/mol. The molecule has 4 nitrogen and oxygen atoms in total. The van der Waals surface area contributed by atoms with Gasteiger partial charge < -0.3 is 14.8 Å². The number of benzene rings is 1. The Morgan fingerprint density at radius 1 is 1.18 bits per heavy atom. The Bertz CT molecular complexity index is 528. The van der Waals surface area contributed by atoms with E-state index in [0.717, 1.165) is 68.3 Å². The summed E-state index contributed by atoms with van der Waals surface area (Å²) in [5.74, 6) is 2.25. The van der Waals surface area contributed by atoms with Gasteiger partial charge in [0.2, 0.25) is 0 Å². The standard InChI is InChI=1S/C17H25BrN2O2/c1-12(2)15-13(11-20-6-4-19-5-7-20)10-14(18)16-17(15)22-9-3-8-21-16/h10,12,19H,3-9,11H2,1-2H3. The van der Waals surface area contributed by atoms with Gasteiger partial charge in [-0.25, -0.2) is 0 Å². The number of halogens is 1. The summed E-state index contributed by atoms with van der Waals surface area (Å²) in [7, 11) is 0. The molecule has 0 aromatic heterocycles. The average molecular weight is 369 g/mol. The molecule has 0 bridgehead atoms. The van der Waals surface area contributed by atoms with Crippen LogP contribution in [0.4, 0.5) is 0 Å². The van der Waals surface area contributed by atoms with Gasteiger partial charge in [0.25, 0.3) is 0 Å². The van der Waals surface area contributed by atoms with Crippen molar-refractivity contribution in [2.24, 2.45) is 0 Å². The molecule has 1 aromatic carbocycles. The Hall–Kier alpha value is -0.780. The molecule has 1 saturated heterocycles. The SMILES string of the molecule is CC(C)c1c(CN2CCNCC2)cc(Br)c2c1OCCCO2. The Balaban J connectivity index is 1.97. The Kier molecular flexibility index (Phi) is 5.26. The minimum atomic E-state index is 0.418. The van der Waals surface area contributed by atoms with E-state index >= 15 is 0 Å². The van der Waals surface area contributed by atoms with Gasteiger partial charge in [0.1, 0.15) is 0 Å². The highest BCUT2D eigenvalue weighted by Crippen LogP contribution is 2.45. The van der Waals surface area contributed by atoms with Gasteiger partial charge in [0.05, 0.1) is 17.7 Å². The highest BCUT2D eigenvalue weighted by molar-refractivity contribution is 9.10. The van der Waals surface area contributed by atoms with Crippen molar-refractivity contribution in [3.8, 4) is 11.5 Å². The van der Waals surface area contributed by atoms with Crippen molar-refractivity contribution in [2.45, 2.75) is 32.7 Å². The van der Waals surface area contributed by atoms with Crippen LogP contribution in [0.15, 0.2) is 10.5 Å². The van der Waals surface area contributed by atoms with Crippen LogP contribution < -0.4 is 14.8 Å². The minimum Gasteiger partial charge on any atom is -0.489 e. The van der Waals surface area contributed by atoms with Crippen molar-refractivity contribution >= 4 is 15.9 Å². The van der Waals surface area contributed by atoms with E-state index in [1.807, 2.05) is 0 Å². The second-order valence-electron chi connectivity index (χ2n) is 6.32. The van der Waals surface area contributed by atoms with Gasteiger partial charge in [-0.3, -0.25) is 4.90 Å². The van der Waals surface area contributed by atoms with E-state index in [1.165, 1.54) is 11.1 Å². The first kappa shape index (κ1) is 16.1. The van der Waals surface area contributed by atoms with Crippen LogP contribution in [-0.4, -0.2) is 44.3 Å². The molecule has 5 heteroatoms. The third-order valence-corrected chi connectivity index (χ3v) is 4.87. The highest BCUT2D eigenvalue weighted by Gasteiger charge is 2.24.